The molecule has 2 N–H and O–H groups in total. The Kier molecular flexibility index (Phi) is 2.84. The van der Waals surface area contributed by atoms with Crippen molar-refractivity contribution in [1.82, 2.24) is 5.32 Å². The SMILES string of the molecule is C[C@](F)(CO)[C@H]1CCCNC1. The number of nitrogens with one attached hydrogen (secondary N) is 1. The lowest BCUT2D eigenvalue weighted by molar-refractivity contribution is 0.0215. The topological polar surface area (TPSA) is 32.3 Å². The molecule has 3 heteroatoms. The summed E-state index contributed by atoms with van der Waals surface area (Å²) in [6, 6.07) is 0. The highest BCUT2D eigenvalue weighted by Crippen LogP contribution is 2.26. The molecule has 1 rings (SSSR count). The maximum absolute atomic E-state index is 13.4. The van der Waals surface area contributed by atoms with Gasteiger partial charge >= 0.3 is 0 Å². The van der Waals surface area contributed by atoms with E-state index in [1.807, 2.05) is 0 Å². The molecule has 0 aromatic rings. The first-order valence-electron chi connectivity index (χ1n) is 4.17. The molecule has 1 heterocycles. The van der Waals surface area contributed by atoms with Gasteiger partial charge in [0.1, 0.15) is 5.67 Å². The zero-order chi connectivity index (χ0) is 8.32. The number of rotatable bonds is 2. The quantitative estimate of drug-likeness (QED) is 0.625. The Labute approximate surface area is 66.8 Å². The molecule has 0 spiro atoms. The van der Waals surface area contributed by atoms with Gasteiger partial charge in [0.25, 0.3) is 0 Å². The van der Waals surface area contributed by atoms with Gasteiger partial charge in [-0.2, -0.15) is 0 Å². The minimum absolute atomic E-state index is 0.0127. The largest absolute Gasteiger partial charge is 0.393 e. The summed E-state index contributed by atoms with van der Waals surface area (Å²) in [7, 11) is 0. The molecule has 11 heavy (non-hydrogen) atoms. The molecular weight excluding hydrogens is 145 g/mol. The summed E-state index contributed by atoms with van der Waals surface area (Å²) in [5.41, 5.74) is -1.40. The van der Waals surface area contributed by atoms with Gasteiger partial charge in [-0.15, -0.1) is 0 Å². The van der Waals surface area contributed by atoms with E-state index in [0.29, 0.717) is 6.54 Å². The van der Waals surface area contributed by atoms with Crippen LogP contribution in [0.4, 0.5) is 4.39 Å². The van der Waals surface area contributed by atoms with Crippen LogP contribution in [0.5, 0.6) is 0 Å². The minimum atomic E-state index is -1.40. The summed E-state index contributed by atoms with van der Waals surface area (Å²) in [6.07, 6.45) is 1.91. The molecule has 66 valence electrons. The summed E-state index contributed by atoms with van der Waals surface area (Å²) < 4.78 is 13.4. The Morgan fingerprint density at radius 2 is 2.45 bits per heavy atom. The molecule has 2 nitrogen and oxygen atoms in total. The van der Waals surface area contributed by atoms with Crippen LogP contribution in [0.15, 0.2) is 0 Å². The standard InChI is InChI=1S/C8H16FNO/c1-8(9,6-11)7-3-2-4-10-5-7/h7,10-11H,2-6H2,1H3/t7-,8-/m0/s1. The smallest absolute Gasteiger partial charge is 0.135 e. The molecule has 0 bridgehead atoms. The summed E-state index contributed by atoms with van der Waals surface area (Å²) in [5, 5.41) is 11.9. The average molecular weight is 161 g/mol. The van der Waals surface area contributed by atoms with Gasteiger partial charge in [0.05, 0.1) is 6.61 Å². The predicted octanol–water partition coefficient (Wildman–Crippen LogP) is 0.706. The van der Waals surface area contributed by atoms with Crippen molar-refractivity contribution in [3.05, 3.63) is 0 Å². The van der Waals surface area contributed by atoms with Gasteiger partial charge in [0.2, 0.25) is 0 Å². The van der Waals surface area contributed by atoms with Crippen LogP contribution in [0.2, 0.25) is 0 Å². The molecule has 0 aliphatic carbocycles. The minimum Gasteiger partial charge on any atom is -0.393 e. The highest BCUT2D eigenvalue weighted by atomic mass is 19.1. The Hall–Kier alpha value is -0.150. The second-order valence-electron chi connectivity index (χ2n) is 3.48. The Balaban J connectivity index is 2.43. The van der Waals surface area contributed by atoms with Crippen LogP contribution < -0.4 is 5.32 Å². The third kappa shape index (κ3) is 2.14. The number of aliphatic hydroxyl groups is 1. The number of aliphatic hydroxyl groups excluding tert-OH is 1. The van der Waals surface area contributed by atoms with Crippen molar-refractivity contribution in [2.24, 2.45) is 5.92 Å². The highest BCUT2D eigenvalue weighted by molar-refractivity contribution is 4.85. The van der Waals surface area contributed by atoms with Crippen molar-refractivity contribution < 1.29 is 9.50 Å². The zero-order valence-corrected chi connectivity index (χ0v) is 6.94. The van der Waals surface area contributed by atoms with E-state index in [9.17, 15) is 4.39 Å². The third-order valence-electron chi connectivity index (χ3n) is 2.46. The summed E-state index contributed by atoms with van der Waals surface area (Å²) >= 11 is 0. The molecule has 0 radical (unpaired) electrons. The molecular formula is C8H16FNO. The van der Waals surface area contributed by atoms with Crippen LogP contribution >= 0.6 is 0 Å². The van der Waals surface area contributed by atoms with Crippen molar-refractivity contribution in [1.29, 1.82) is 0 Å². The van der Waals surface area contributed by atoms with Gasteiger partial charge in [-0.05, 0) is 26.3 Å². The molecule has 0 unspecified atom stereocenters. The molecule has 1 saturated heterocycles. The first kappa shape index (κ1) is 8.94. The van der Waals surface area contributed by atoms with Crippen LogP contribution in [0.1, 0.15) is 19.8 Å². The van der Waals surface area contributed by atoms with Crippen molar-refractivity contribution in [3.8, 4) is 0 Å². The Bertz CT molecular complexity index is 121. The van der Waals surface area contributed by atoms with Gasteiger partial charge in [-0.25, -0.2) is 4.39 Å². The number of alkyl halides is 1. The fourth-order valence-electron chi connectivity index (χ4n) is 1.49. The highest BCUT2D eigenvalue weighted by Gasteiger charge is 2.34. The monoisotopic (exact) mass is 161 g/mol. The van der Waals surface area contributed by atoms with Crippen molar-refractivity contribution in [2.45, 2.75) is 25.4 Å². The van der Waals surface area contributed by atoms with E-state index < -0.39 is 5.67 Å². The van der Waals surface area contributed by atoms with Crippen molar-refractivity contribution in [3.63, 3.8) is 0 Å². The lowest BCUT2D eigenvalue weighted by Gasteiger charge is -2.32. The first-order chi connectivity index (χ1) is 5.17. The van der Waals surface area contributed by atoms with E-state index in [2.05, 4.69) is 5.32 Å². The second-order valence-corrected chi connectivity index (χ2v) is 3.48. The Morgan fingerprint density at radius 3 is 2.91 bits per heavy atom. The fourth-order valence-corrected chi connectivity index (χ4v) is 1.49. The van der Waals surface area contributed by atoms with E-state index in [0.717, 1.165) is 19.4 Å². The summed E-state index contributed by atoms with van der Waals surface area (Å²) in [6.45, 7) is 2.80. The number of hydrogen-bond donors (Lipinski definition) is 2. The van der Waals surface area contributed by atoms with Gasteiger partial charge in [-0.1, -0.05) is 0 Å². The number of piperidine rings is 1. The summed E-state index contributed by atoms with van der Waals surface area (Å²) in [4.78, 5) is 0. The van der Waals surface area contributed by atoms with E-state index >= 15 is 0 Å². The normalized spacial score (nSPS) is 31.4. The number of halogens is 1. The van der Waals surface area contributed by atoms with Crippen LogP contribution in [-0.2, 0) is 0 Å². The van der Waals surface area contributed by atoms with Crippen LogP contribution in [0, 0.1) is 5.92 Å². The second kappa shape index (κ2) is 3.50. The van der Waals surface area contributed by atoms with Gasteiger partial charge in [-0.3, -0.25) is 0 Å². The molecule has 1 aliphatic heterocycles. The van der Waals surface area contributed by atoms with Gasteiger partial charge in [0, 0.05) is 12.5 Å². The zero-order valence-electron chi connectivity index (χ0n) is 6.94. The van der Waals surface area contributed by atoms with Crippen LogP contribution in [0.3, 0.4) is 0 Å². The maximum Gasteiger partial charge on any atom is 0.135 e. The van der Waals surface area contributed by atoms with E-state index in [1.54, 1.807) is 0 Å². The third-order valence-corrected chi connectivity index (χ3v) is 2.46. The first-order valence-corrected chi connectivity index (χ1v) is 4.17. The molecule has 0 amide bonds. The molecule has 0 aromatic heterocycles. The molecule has 2 atom stereocenters. The van der Waals surface area contributed by atoms with E-state index in [-0.39, 0.29) is 12.5 Å². The molecule has 0 saturated carbocycles. The fraction of sp³-hybridized carbons (Fsp3) is 1.00. The van der Waals surface area contributed by atoms with Crippen LogP contribution in [0.25, 0.3) is 0 Å². The van der Waals surface area contributed by atoms with E-state index in [1.165, 1.54) is 6.92 Å². The lowest BCUT2D eigenvalue weighted by atomic mass is 9.85. The average Bonchev–Trinajstić information content (AvgIpc) is 2.06. The molecule has 1 fully saturated rings. The molecule has 1 aliphatic rings. The van der Waals surface area contributed by atoms with Gasteiger partial charge < -0.3 is 10.4 Å². The predicted molar refractivity (Wildman–Crippen MR) is 42.2 cm³/mol. The van der Waals surface area contributed by atoms with Gasteiger partial charge in [0.15, 0.2) is 0 Å². The number of hydrogen-bond acceptors (Lipinski definition) is 2. The summed E-state index contributed by atoms with van der Waals surface area (Å²) in [5.74, 6) is -0.0127. The lowest BCUT2D eigenvalue weighted by Crippen LogP contribution is -2.43. The van der Waals surface area contributed by atoms with E-state index in [4.69, 9.17) is 5.11 Å². The van der Waals surface area contributed by atoms with Crippen molar-refractivity contribution >= 4 is 0 Å². The maximum atomic E-state index is 13.4. The van der Waals surface area contributed by atoms with Crippen molar-refractivity contribution in [2.75, 3.05) is 19.7 Å². The molecule has 0 aromatic carbocycles. The Morgan fingerprint density at radius 1 is 1.73 bits per heavy atom. The van der Waals surface area contributed by atoms with Crippen LogP contribution in [-0.4, -0.2) is 30.5 Å².